The highest BCUT2D eigenvalue weighted by molar-refractivity contribution is 5.76. The van der Waals surface area contributed by atoms with E-state index in [-0.39, 0.29) is 5.56 Å². The molecule has 4 aromatic rings. The second-order valence-corrected chi connectivity index (χ2v) is 6.58. The van der Waals surface area contributed by atoms with Crippen LogP contribution in [0.4, 0.5) is 0 Å². The van der Waals surface area contributed by atoms with E-state index in [9.17, 15) is 4.79 Å². The lowest BCUT2D eigenvalue weighted by Crippen LogP contribution is -2.23. The zero-order valence-corrected chi connectivity index (χ0v) is 16.0. The summed E-state index contributed by atoms with van der Waals surface area (Å²) in [4.78, 5) is 16.8. The van der Waals surface area contributed by atoms with Crippen molar-refractivity contribution in [2.24, 2.45) is 0 Å². The van der Waals surface area contributed by atoms with Crippen LogP contribution >= 0.6 is 0 Å². The smallest absolute Gasteiger partial charge is 0.261 e. The zero-order chi connectivity index (χ0) is 19.9. The Hall–Kier alpha value is -3.44. The van der Waals surface area contributed by atoms with Crippen molar-refractivity contribution in [3.8, 4) is 16.9 Å². The van der Waals surface area contributed by atoms with Crippen LogP contribution in [0, 0.1) is 0 Å². The average molecular weight is 386 g/mol. The van der Waals surface area contributed by atoms with E-state index in [0.29, 0.717) is 37.3 Å². The third-order valence-corrected chi connectivity index (χ3v) is 4.67. The number of hydrogen-bond acceptors (Lipinski definition) is 4. The summed E-state index contributed by atoms with van der Waals surface area (Å²) in [6.45, 7) is 1.76. The van der Waals surface area contributed by atoms with Gasteiger partial charge in [-0.2, -0.15) is 0 Å². The van der Waals surface area contributed by atoms with Gasteiger partial charge in [-0.3, -0.25) is 9.36 Å². The second-order valence-electron chi connectivity index (χ2n) is 6.58. The van der Waals surface area contributed by atoms with Crippen LogP contribution in [0.5, 0.6) is 5.75 Å². The highest BCUT2D eigenvalue weighted by Gasteiger charge is 2.06. The molecule has 146 valence electrons. The Morgan fingerprint density at radius 3 is 2.45 bits per heavy atom. The van der Waals surface area contributed by atoms with Crippen molar-refractivity contribution in [3.05, 3.63) is 95.5 Å². The largest absolute Gasteiger partial charge is 0.491 e. The highest BCUT2D eigenvalue weighted by Crippen LogP contribution is 2.29. The summed E-state index contributed by atoms with van der Waals surface area (Å²) in [7, 11) is 0. The molecule has 3 aromatic carbocycles. The molecule has 0 bridgehead atoms. The van der Waals surface area contributed by atoms with Gasteiger partial charge in [0.15, 0.2) is 0 Å². The summed E-state index contributed by atoms with van der Waals surface area (Å²) in [5, 5.41) is 0.621. The average Bonchev–Trinajstić information content (AvgIpc) is 2.78. The van der Waals surface area contributed by atoms with E-state index in [1.807, 2.05) is 60.7 Å². The minimum atomic E-state index is -0.0489. The maximum Gasteiger partial charge on any atom is 0.261 e. The maximum absolute atomic E-state index is 12.4. The minimum Gasteiger partial charge on any atom is -0.491 e. The van der Waals surface area contributed by atoms with Gasteiger partial charge in [0, 0.05) is 5.56 Å². The first-order chi connectivity index (χ1) is 14.3. The van der Waals surface area contributed by atoms with Gasteiger partial charge in [-0.05, 0) is 23.8 Å². The lowest BCUT2D eigenvalue weighted by molar-refractivity contribution is 0.0940. The van der Waals surface area contributed by atoms with E-state index < -0.39 is 0 Å². The number of rotatable bonds is 8. The summed E-state index contributed by atoms with van der Waals surface area (Å²) in [5.41, 5.74) is 2.83. The fourth-order valence-electron chi connectivity index (χ4n) is 3.19. The first-order valence-electron chi connectivity index (χ1n) is 9.62. The summed E-state index contributed by atoms with van der Waals surface area (Å²) >= 11 is 0. The minimum absolute atomic E-state index is 0.0489. The van der Waals surface area contributed by atoms with Gasteiger partial charge in [0.05, 0.1) is 37.0 Å². The highest BCUT2D eigenvalue weighted by atomic mass is 16.5. The predicted octanol–water partition coefficient (Wildman–Crippen LogP) is 4.16. The summed E-state index contributed by atoms with van der Waals surface area (Å²) in [6.07, 6.45) is 1.57. The van der Waals surface area contributed by atoms with Crippen LogP contribution in [-0.4, -0.2) is 29.4 Å². The predicted molar refractivity (Wildman–Crippen MR) is 114 cm³/mol. The molecule has 0 saturated heterocycles. The maximum atomic E-state index is 12.4. The van der Waals surface area contributed by atoms with Gasteiger partial charge in [0.2, 0.25) is 0 Å². The molecule has 0 saturated carbocycles. The Morgan fingerprint density at radius 2 is 1.55 bits per heavy atom. The van der Waals surface area contributed by atoms with Crippen molar-refractivity contribution in [2.75, 3.05) is 19.8 Å². The van der Waals surface area contributed by atoms with Gasteiger partial charge in [0.25, 0.3) is 5.56 Å². The lowest BCUT2D eigenvalue weighted by Gasteiger charge is -2.12. The lowest BCUT2D eigenvalue weighted by atomic mass is 10.1. The quantitative estimate of drug-likeness (QED) is 0.427. The van der Waals surface area contributed by atoms with Crippen molar-refractivity contribution in [3.63, 3.8) is 0 Å². The van der Waals surface area contributed by atoms with Crippen molar-refractivity contribution in [1.29, 1.82) is 0 Å². The van der Waals surface area contributed by atoms with Crippen LogP contribution in [0.25, 0.3) is 22.0 Å². The van der Waals surface area contributed by atoms with Crippen molar-refractivity contribution < 1.29 is 9.47 Å². The third-order valence-electron chi connectivity index (χ3n) is 4.67. The number of fused-ring (bicyclic) bond motifs is 1. The first kappa shape index (κ1) is 18.9. The Bertz CT molecular complexity index is 1140. The first-order valence-corrected chi connectivity index (χ1v) is 9.62. The molecule has 0 fully saturated rings. The van der Waals surface area contributed by atoms with Crippen molar-refractivity contribution in [2.45, 2.75) is 6.54 Å². The number of benzene rings is 3. The van der Waals surface area contributed by atoms with E-state index in [1.54, 1.807) is 17.0 Å². The van der Waals surface area contributed by atoms with Crippen molar-refractivity contribution >= 4 is 10.9 Å². The molecule has 0 spiro atoms. The Kier molecular flexibility index (Phi) is 5.98. The molecule has 29 heavy (non-hydrogen) atoms. The normalized spacial score (nSPS) is 10.9. The van der Waals surface area contributed by atoms with Crippen molar-refractivity contribution in [1.82, 2.24) is 9.55 Å². The van der Waals surface area contributed by atoms with E-state index in [1.165, 1.54) is 0 Å². The van der Waals surface area contributed by atoms with E-state index >= 15 is 0 Å². The van der Waals surface area contributed by atoms with Crippen LogP contribution in [-0.2, 0) is 11.3 Å². The van der Waals surface area contributed by atoms with Crippen LogP contribution in [0.3, 0.4) is 0 Å². The fourth-order valence-corrected chi connectivity index (χ4v) is 3.19. The van der Waals surface area contributed by atoms with E-state index in [4.69, 9.17) is 9.47 Å². The molecule has 0 N–H and O–H groups in total. The molecule has 0 amide bonds. The molecule has 0 radical (unpaired) electrons. The molecule has 5 nitrogen and oxygen atoms in total. The van der Waals surface area contributed by atoms with Crippen LogP contribution < -0.4 is 10.3 Å². The molecule has 5 heteroatoms. The molecule has 0 unspecified atom stereocenters. The summed E-state index contributed by atoms with van der Waals surface area (Å²) < 4.78 is 13.2. The van der Waals surface area contributed by atoms with Gasteiger partial charge < -0.3 is 9.47 Å². The monoisotopic (exact) mass is 386 g/mol. The number of hydrogen-bond donors (Lipinski definition) is 0. The van der Waals surface area contributed by atoms with Gasteiger partial charge in [-0.15, -0.1) is 0 Å². The van der Waals surface area contributed by atoms with E-state index in [2.05, 4.69) is 17.1 Å². The molecule has 0 atom stereocenters. The number of para-hydroxylation sites is 2. The Morgan fingerprint density at radius 1 is 0.793 bits per heavy atom. The molecule has 1 aromatic heterocycles. The Labute approximate surface area is 169 Å². The molecule has 0 aliphatic heterocycles. The summed E-state index contributed by atoms with van der Waals surface area (Å²) in [6, 6.07) is 25.5. The summed E-state index contributed by atoms with van der Waals surface area (Å²) in [5.74, 6) is 0.831. The van der Waals surface area contributed by atoms with Crippen LogP contribution in [0.1, 0.15) is 0 Å². The Balaban J connectivity index is 1.28. The van der Waals surface area contributed by atoms with Gasteiger partial charge in [0.1, 0.15) is 12.4 Å². The SMILES string of the molecule is O=c1c2ccccc2ncn1CCOCCOc1ccccc1-c1ccccc1. The zero-order valence-electron chi connectivity index (χ0n) is 16.0. The molecule has 0 aliphatic carbocycles. The van der Waals surface area contributed by atoms with Gasteiger partial charge in [-0.25, -0.2) is 4.98 Å². The van der Waals surface area contributed by atoms with Crippen LogP contribution in [0.2, 0.25) is 0 Å². The molecular formula is C24H22N2O3. The molecule has 0 aliphatic rings. The third kappa shape index (κ3) is 4.52. The molecule has 4 rings (SSSR count). The molecular weight excluding hydrogens is 364 g/mol. The second kappa shape index (κ2) is 9.17. The topological polar surface area (TPSA) is 53.4 Å². The molecule has 1 heterocycles. The fraction of sp³-hybridized carbons (Fsp3) is 0.167. The van der Waals surface area contributed by atoms with Crippen LogP contribution in [0.15, 0.2) is 90.0 Å². The van der Waals surface area contributed by atoms with Gasteiger partial charge in [-0.1, -0.05) is 60.7 Å². The number of aromatic nitrogens is 2. The van der Waals surface area contributed by atoms with Gasteiger partial charge >= 0.3 is 0 Å². The number of nitrogens with zero attached hydrogens (tertiary/aromatic N) is 2. The standard InChI is InChI=1S/C24H22N2O3/c27-24-21-11-4-6-12-22(21)25-18-26(24)14-15-28-16-17-29-23-13-7-5-10-20(23)19-8-2-1-3-9-19/h1-13,18H,14-17H2. The van der Waals surface area contributed by atoms with E-state index in [0.717, 1.165) is 16.9 Å². The number of ether oxygens (including phenoxy) is 2.